The highest BCUT2D eigenvalue weighted by molar-refractivity contribution is 9.10. The van der Waals surface area contributed by atoms with Crippen LogP contribution in [0.2, 0.25) is 0 Å². The lowest BCUT2D eigenvalue weighted by Crippen LogP contribution is -2.20. The van der Waals surface area contributed by atoms with Crippen molar-refractivity contribution in [2.45, 2.75) is 19.4 Å². The highest BCUT2D eigenvalue weighted by atomic mass is 79.9. The van der Waals surface area contributed by atoms with E-state index in [1.54, 1.807) is 0 Å². The van der Waals surface area contributed by atoms with Crippen molar-refractivity contribution in [1.82, 2.24) is 4.90 Å². The van der Waals surface area contributed by atoms with Crippen molar-refractivity contribution in [3.63, 3.8) is 0 Å². The maximum Gasteiger partial charge on any atom is 0.0461 e. The normalized spacial score (nSPS) is 10.9. The molecule has 20 heavy (non-hydrogen) atoms. The molecule has 0 saturated carbocycles. The van der Waals surface area contributed by atoms with Gasteiger partial charge in [0.2, 0.25) is 0 Å². The van der Waals surface area contributed by atoms with Crippen LogP contribution in [0.15, 0.2) is 53.0 Å². The summed E-state index contributed by atoms with van der Waals surface area (Å²) >= 11 is 3.56. The molecule has 0 bridgehead atoms. The van der Waals surface area contributed by atoms with Gasteiger partial charge in [0.1, 0.15) is 0 Å². The fraction of sp³-hybridized carbons (Fsp3) is 0.294. The van der Waals surface area contributed by atoms with Crippen LogP contribution < -0.4 is 5.73 Å². The van der Waals surface area contributed by atoms with Crippen molar-refractivity contribution in [2.24, 2.45) is 0 Å². The molecule has 0 amide bonds. The van der Waals surface area contributed by atoms with Crippen LogP contribution in [0.25, 0.3) is 0 Å². The number of nitrogens with two attached hydrogens (primary N) is 1. The topological polar surface area (TPSA) is 29.3 Å². The predicted molar refractivity (Wildman–Crippen MR) is 89.7 cm³/mol. The van der Waals surface area contributed by atoms with Gasteiger partial charge in [0.25, 0.3) is 0 Å². The average molecular weight is 333 g/mol. The summed E-state index contributed by atoms with van der Waals surface area (Å²) in [5.41, 5.74) is 9.36. The van der Waals surface area contributed by atoms with Crippen LogP contribution in [0.5, 0.6) is 0 Å². The van der Waals surface area contributed by atoms with Gasteiger partial charge in [0.15, 0.2) is 0 Å². The Morgan fingerprint density at radius 3 is 2.55 bits per heavy atom. The SMILES string of the molecule is CN(CCCc1ccccc1)Cc1cccc(N)c1Br. The summed E-state index contributed by atoms with van der Waals surface area (Å²) in [4.78, 5) is 2.34. The molecule has 0 aliphatic rings. The number of hydrogen-bond acceptors (Lipinski definition) is 2. The Morgan fingerprint density at radius 1 is 1.05 bits per heavy atom. The number of anilines is 1. The third-order valence-electron chi connectivity index (χ3n) is 3.40. The second-order valence-corrected chi connectivity index (χ2v) is 5.94. The lowest BCUT2D eigenvalue weighted by molar-refractivity contribution is 0.321. The number of aryl methyl sites for hydroxylation is 1. The van der Waals surface area contributed by atoms with E-state index in [0.717, 1.165) is 29.7 Å². The molecule has 0 aromatic heterocycles. The Kier molecular flexibility index (Phi) is 5.62. The van der Waals surface area contributed by atoms with Crippen molar-refractivity contribution in [2.75, 3.05) is 19.3 Å². The molecular formula is C17H21BrN2. The molecule has 0 unspecified atom stereocenters. The number of halogens is 1. The van der Waals surface area contributed by atoms with Crippen LogP contribution in [0.4, 0.5) is 5.69 Å². The summed E-state index contributed by atoms with van der Waals surface area (Å²) in [5.74, 6) is 0. The average Bonchev–Trinajstić information content (AvgIpc) is 2.45. The van der Waals surface area contributed by atoms with Gasteiger partial charge >= 0.3 is 0 Å². The molecule has 2 N–H and O–H groups in total. The molecule has 0 spiro atoms. The van der Waals surface area contributed by atoms with E-state index >= 15 is 0 Å². The summed E-state index contributed by atoms with van der Waals surface area (Å²) in [6.07, 6.45) is 2.30. The fourth-order valence-corrected chi connectivity index (χ4v) is 2.68. The number of rotatable bonds is 6. The molecule has 2 nitrogen and oxygen atoms in total. The van der Waals surface area contributed by atoms with E-state index in [4.69, 9.17) is 5.73 Å². The zero-order valence-corrected chi connectivity index (χ0v) is 13.4. The molecule has 0 fully saturated rings. The molecule has 0 saturated heterocycles. The Hall–Kier alpha value is -1.32. The Bertz CT molecular complexity index is 540. The van der Waals surface area contributed by atoms with Gasteiger partial charge in [-0.3, -0.25) is 0 Å². The quantitative estimate of drug-likeness (QED) is 0.807. The third kappa shape index (κ3) is 4.36. The van der Waals surface area contributed by atoms with Crippen LogP contribution in [0, 0.1) is 0 Å². The van der Waals surface area contributed by atoms with Gasteiger partial charge in [-0.05, 0) is 59.6 Å². The maximum absolute atomic E-state index is 5.91. The zero-order valence-electron chi connectivity index (χ0n) is 11.8. The van der Waals surface area contributed by atoms with Crippen molar-refractivity contribution in [3.05, 3.63) is 64.1 Å². The molecule has 2 rings (SSSR count). The standard InChI is InChI=1S/C17H21BrN2/c1-20(12-6-9-14-7-3-2-4-8-14)13-15-10-5-11-16(19)17(15)18/h2-5,7-8,10-11H,6,9,12-13,19H2,1H3. The third-order valence-corrected chi connectivity index (χ3v) is 4.36. The molecule has 0 radical (unpaired) electrons. The molecule has 106 valence electrons. The largest absolute Gasteiger partial charge is 0.398 e. The van der Waals surface area contributed by atoms with Gasteiger partial charge in [-0.2, -0.15) is 0 Å². The van der Waals surface area contributed by atoms with E-state index in [-0.39, 0.29) is 0 Å². The molecule has 0 heterocycles. The van der Waals surface area contributed by atoms with Gasteiger partial charge in [-0.25, -0.2) is 0 Å². The lowest BCUT2D eigenvalue weighted by Gasteiger charge is -2.18. The number of nitrogen functional groups attached to an aromatic ring is 1. The van der Waals surface area contributed by atoms with E-state index in [9.17, 15) is 0 Å². The van der Waals surface area contributed by atoms with Crippen LogP contribution in [-0.4, -0.2) is 18.5 Å². The van der Waals surface area contributed by atoms with E-state index in [1.807, 2.05) is 12.1 Å². The summed E-state index contributed by atoms with van der Waals surface area (Å²) < 4.78 is 1.02. The van der Waals surface area contributed by atoms with E-state index < -0.39 is 0 Å². The monoisotopic (exact) mass is 332 g/mol. The Balaban J connectivity index is 1.81. The first-order chi connectivity index (χ1) is 9.66. The highest BCUT2D eigenvalue weighted by Gasteiger charge is 2.06. The maximum atomic E-state index is 5.91. The smallest absolute Gasteiger partial charge is 0.0461 e. The van der Waals surface area contributed by atoms with Gasteiger partial charge in [0.05, 0.1) is 0 Å². The van der Waals surface area contributed by atoms with E-state index in [0.29, 0.717) is 0 Å². The number of benzene rings is 2. The second-order valence-electron chi connectivity index (χ2n) is 5.15. The molecule has 2 aromatic carbocycles. The van der Waals surface area contributed by atoms with Crippen molar-refractivity contribution in [3.8, 4) is 0 Å². The molecule has 3 heteroatoms. The minimum Gasteiger partial charge on any atom is -0.398 e. The van der Waals surface area contributed by atoms with E-state index in [1.165, 1.54) is 17.5 Å². The summed E-state index contributed by atoms with van der Waals surface area (Å²) in [6, 6.07) is 16.7. The highest BCUT2D eigenvalue weighted by Crippen LogP contribution is 2.24. The Labute approximate surface area is 129 Å². The summed E-state index contributed by atoms with van der Waals surface area (Å²) in [7, 11) is 2.15. The van der Waals surface area contributed by atoms with Gasteiger partial charge < -0.3 is 10.6 Å². The van der Waals surface area contributed by atoms with Crippen LogP contribution in [0.1, 0.15) is 17.5 Å². The van der Waals surface area contributed by atoms with Gasteiger partial charge in [0, 0.05) is 16.7 Å². The number of nitrogens with zero attached hydrogens (tertiary/aromatic N) is 1. The van der Waals surface area contributed by atoms with E-state index in [2.05, 4.69) is 64.3 Å². The lowest BCUT2D eigenvalue weighted by atomic mass is 10.1. The first kappa shape index (κ1) is 15.1. The number of hydrogen-bond donors (Lipinski definition) is 1. The van der Waals surface area contributed by atoms with Crippen LogP contribution in [0.3, 0.4) is 0 Å². The molecule has 2 aromatic rings. The van der Waals surface area contributed by atoms with Crippen LogP contribution >= 0.6 is 15.9 Å². The minimum absolute atomic E-state index is 0.806. The summed E-state index contributed by atoms with van der Waals surface area (Å²) in [6.45, 7) is 2.00. The first-order valence-corrected chi connectivity index (χ1v) is 7.71. The Morgan fingerprint density at radius 2 is 1.80 bits per heavy atom. The molecule has 0 atom stereocenters. The predicted octanol–water partition coefficient (Wildman–Crippen LogP) is 4.10. The van der Waals surface area contributed by atoms with Gasteiger partial charge in [-0.1, -0.05) is 42.5 Å². The fourth-order valence-electron chi connectivity index (χ4n) is 2.29. The zero-order chi connectivity index (χ0) is 14.4. The second kappa shape index (κ2) is 7.46. The summed E-state index contributed by atoms with van der Waals surface area (Å²) in [5, 5.41) is 0. The van der Waals surface area contributed by atoms with Crippen molar-refractivity contribution >= 4 is 21.6 Å². The van der Waals surface area contributed by atoms with Crippen molar-refractivity contribution in [1.29, 1.82) is 0 Å². The van der Waals surface area contributed by atoms with Crippen LogP contribution in [-0.2, 0) is 13.0 Å². The van der Waals surface area contributed by atoms with Gasteiger partial charge in [-0.15, -0.1) is 0 Å². The molecule has 0 aliphatic carbocycles. The van der Waals surface area contributed by atoms with Crippen molar-refractivity contribution < 1.29 is 0 Å². The molecule has 0 aliphatic heterocycles. The first-order valence-electron chi connectivity index (χ1n) is 6.92. The minimum atomic E-state index is 0.806. The molecular weight excluding hydrogens is 312 g/mol.